The van der Waals surface area contributed by atoms with Crippen molar-refractivity contribution in [2.75, 3.05) is 13.1 Å². The van der Waals surface area contributed by atoms with Crippen molar-refractivity contribution in [3.05, 3.63) is 94.5 Å². The van der Waals surface area contributed by atoms with E-state index < -0.39 is 17.1 Å². The molecule has 2 amide bonds. The lowest BCUT2D eigenvalue weighted by atomic mass is 9.66. The number of halogens is 1. The molecule has 0 aromatic heterocycles. The summed E-state index contributed by atoms with van der Waals surface area (Å²) in [5, 5.41) is 15.3. The van der Waals surface area contributed by atoms with E-state index in [-0.39, 0.29) is 17.7 Å². The van der Waals surface area contributed by atoms with Crippen LogP contribution in [0.1, 0.15) is 55.6 Å². The van der Waals surface area contributed by atoms with Crippen molar-refractivity contribution in [2.45, 2.75) is 52.7 Å². The van der Waals surface area contributed by atoms with E-state index >= 15 is 0 Å². The fourth-order valence-electron chi connectivity index (χ4n) is 5.37. The maximum absolute atomic E-state index is 13.7. The Balaban J connectivity index is 1.50. The summed E-state index contributed by atoms with van der Waals surface area (Å²) in [6.07, 6.45) is 0.394. The molecule has 1 aliphatic heterocycles. The number of likely N-dealkylation sites (tertiary alicyclic amines) is 1. The van der Waals surface area contributed by atoms with Gasteiger partial charge in [-0.2, -0.15) is 0 Å². The van der Waals surface area contributed by atoms with Crippen molar-refractivity contribution >= 4 is 23.4 Å². The van der Waals surface area contributed by atoms with E-state index in [9.17, 15) is 14.7 Å². The highest BCUT2D eigenvalue weighted by atomic mass is 35.5. The van der Waals surface area contributed by atoms with Crippen molar-refractivity contribution in [1.29, 1.82) is 0 Å². The van der Waals surface area contributed by atoms with Crippen LogP contribution in [-0.4, -0.2) is 41.0 Å². The maximum atomic E-state index is 13.7. The monoisotopic (exact) mass is 532 g/mol. The SMILES string of the molecule is Cc1cccc(-c2cccc(C(=O)N[C@@H](C(=O)N3CC[C@](O)(c4ccc(Cl)cc4)C(C)(C)C3)C(C)C)c2)c1. The van der Waals surface area contributed by atoms with Crippen LogP contribution in [-0.2, 0) is 10.4 Å². The van der Waals surface area contributed by atoms with Gasteiger partial charge in [-0.1, -0.05) is 93.4 Å². The smallest absolute Gasteiger partial charge is 0.251 e. The van der Waals surface area contributed by atoms with Crippen molar-refractivity contribution in [2.24, 2.45) is 11.3 Å². The maximum Gasteiger partial charge on any atom is 0.251 e. The van der Waals surface area contributed by atoms with Crippen LogP contribution in [0.4, 0.5) is 0 Å². The molecule has 4 rings (SSSR count). The summed E-state index contributed by atoms with van der Waals surface area (Å²) >= 11 is 6.06. The summed E-state index contributed by atoms with van der Waals surface area (Å²) < 4.78 is 0. The number of hydrogen-bond acceptors (Lipinski definition) is 3. The van der Waals surface area contributed by atoms with Gasteiger partial charge in [0.05, 0.1) is 5.60 Å². The number of piperidine rings is 1. The van der Waals surface area contributed by atoms with Crippen molar-refractivity contribution in [3.63, 3.8) is 0 Å². The van der Waals surface area contributed by atoms with Crippen LogP contribution in [0.25, 0.3) is 11.1 Å². The van der Waals surface area contributed by atoms with Gasteiger partial charge in [0.1, 0.15) is 6.04 Å². The molecule has 6 heteroatoms. The molecule has 1 fully saturated rings. The van der Waals surface area contributed by atoms with Gasteiger partial charge in [0.2, 0.25) is 5.91 Å². The number of amides is 2. The molecule has 0 spiro atoms. The predicted octanol–water partition coefficient (Wildman–Crippen LogP) is 6.22. The summed E-state index contributed by atoms with van der Waals surface area (Å²) in [7, 11) is 0. The second-order valence-corrected chi connectivity index (χ2v) is 11.8. The molecule has 1 aliphatic rings. The highest BCUT2D eigenvalue weighted by Crippen LogP contribution is 2.46. The lowest BCUT2D eigenvalue weighted by Gasteiger charge is -2.51. The zero-order valence-corrected chi connectivity index (χ0v) is 23.5. The van der Waals surface area contributed by atoms with Crippen LogP contribution < -0.4 is 5.32 Å². The zero-order valence-electron chi connectivity index (χ0n) is 22.8. The number of carbonyl (C=O) groups is 2. The van der Waals surface area contributed by atoms with Crippen molar-refractivity contribution in [1.82, 2.24) is 10.2 Å². The first-order chi connectivity index (χ1) is 17.9. The third-order valence-corrected chi connectivity index (χ3v) is 8.03. The molecule has 0 aliphatic carbocycles. The van der Waals surface area contributed by atoms with Crippen LogP contribution in [0.3, 0.4) is 0 Å². The summed E-state index contributed by atoms with van der Waals surface area (Å²) in [5.41, 5.74) is 2.74. The van der Waals surface area contributed by atoms with Crippen LogP contribution in [0.15, 0.2) is 72.8 Å². The Kier molecular flexibility index (Phi) is 8.01. The predicted molar refractivity (Wildman–Crippen MR) is 153 cm³/mol. The number of hydrogen-bond donors (Lipinski definition) is 2. The molecule has 200 valence electrons. The molecule has 0 saturated carbocycles. The van der Waals surface area contributed by atoms with Gasteiger partial charge in [0.15, 0.2) is 0 Å². The van der Waals surface area contributed by atoms with Crippen LogP contribution in [0, 0.1) is 18.3 Å². The van der Waals surface area contributed by atoms with E-state index in [0.29, 0.717) is 30.1 Å². The summed E-state index contributed by atoms with van der Waals surface area (Å²) in [4.78, 5) is 28.8. The lowest BCUT2D eigenvalue weighted by molar-refractivity contribution is -0.155. The molecule has 1 saturated heterocycles. The lowest BCUT2D eigenvalue weighted by Crippen LogP contribution is -2.60. The first-order valence-electron chi connectivity index (χ1n) is 13.2. The Labute approximate surface area is 230 Å². The Morgan fingerprint density at radius 2 is 1.61 bits per heavy atom. The molecular formula is C32H37ClN2O3. The fourth-order valence-corrected chi connectivity index (χ4v) is 5.50. The van der Waals surface area contributed by atoms with Crippen molar-refractivity contribution < 1.29 is 14.7 Å². The Morgan fingerprint density at radius 3 is 2.21 bits per heavy atom. The number of aryl methyl sites for hydroxylation is 1. The van der Waals surface area contributed by atoms with Crippen LogP contribution in [0.5, 0.6) is 0 Å². The molecule has 0 radical (unpaired) electrons. The van der Waals surface area contributed by atoms with Gasteiger partial charge >= 0.3 is 0 Å². The second-order valence-electron chi connectivity index (χ2n) is 11.4. The molecule has 2 atom stereocenters. The summed E-state index contributed by atoms with van der Waals surface area (Å²) in [5.74, 6) is -0.512. The Hall–Kier alpha value is -3.15. The standard InChI is InChI=1S/C32H37ClN2O3/c1-21(2)28(34-29(36)25-11-7-10-24(19-25)23-9-6-8-22(3)18-23)30(37)35-17-16-32(38,31(4,5)20-35)26-12-14-27(33)15-13-26/h6-15,18-19,21,28,38H,16-17,20H2,1-5H3,(H,34,36)/t28-,32+/m1/s1. The average molecular weight is 533 g/mol. The molecule has 1 heterocycles. The summed E-state index contributed by atoms with van der Waals surface area (Å²) in [6, 6.07) is 22.2. The number of rotatable bonds is 6. The topological polar surface area (TPSA) is 69.6 Å². The quantitative estimate of drug-likeness (QED) is 0.396. The minimum atomic E-state index is -1.10. The number of carbonyl (C=O) groups excluding carboxylic acids is 2. The van der Waals surface area contributed by atoms with Crippen LogP contribution >= 0.6 is 11.6 Å². The van der Waals surface area contributed by atoms with Gasteiger partial charge in [-0.15, -0.1) is 0 Å². The van der Waals surface area contributed by atoms with E-state index in [1.807, 2.05) is 83.1 Å². The second kappa shape index (κ2) is 10.9. The highest BCUT2D eigenvalue weighted by Gasteiger charge is 2.50. The Bertz CT molecular complexity index is 1320. The molecule has 2 N–H and O–H groups in total. The third kappa shape index (κ3) is 5.64. The summed E-state index contributed by atoms with van der Waals surface area (Å²) in [6.45, 7) is 10.6. The first kappa shape index (κ1) is 27.9. The van der Waals surface area contributed by atoms with E-state index in [4.69, 9.17) is 11.6 Å². The molecule has 3 aromatic rings. The average Bonchev–Trinajstić information content (AvgIpc) is 2.88. The van der Waals surface area contributed by atoms with Gasteiger partial charge in [-0.25, -0.2) is 0 Å². The molecule has 0 bridgehead atoms. The minimum Gasteiger partial charge on any atom is -0.384 e. The number of aliphatic hydroxyl groups is 1. The van der Waals surface area contributed by atoms with Gasteiger partial charge in [-0.05, 0) is 60.2 Å². The molecule has 0 unspecified atom stereocenters. The van der Waals surface area contributed by atoms with Gasteiger partial charge < -0.3 is 15.3 Å². The molecule has 38 heavy (non-hydrogen) atoms. The number of benzene rings is 3. The van der Waals surface area contributed by atoms with Gasteiger partial charge in [0.25, 0.3) is 5.91 Å². The molecular weight excluding hydrogens is 496 g/mol. The zero-order chi connectivity index (χ0) is 27.7. The minimum absolute atomic E-state index is 0.105. The Morgan fingerprint density at radius 1 is 0.974 bits per heavy atom. The van der Waals surface area contributed by atoms with Gasteiger partial charge in [0, 0.05) is 29.1 Å². The third-order valence-electron chi connectivity index (χ3n) is 7.78. The largest absolute Gasteiger partial charge is 0.384 e. The molecule has 5 nitrogen and oxygen atoms in total. The first-order valence-corrected chi connectivity index (χ1v) is 13.5. The van der Waals surface area contributed by atoms with Crippen LogP contribution in [0.2, 0.25) is 5.02 Å². The number of nitrogens with one attached hydrogen (secondary N) is 1. The van der Waals surface area contributed by atoms with E-state index in [1.165, 1.54) is 0 Å². The highest BCUT2D eigenvalue weighted by molar-refractivity contribution is 6.30. The van der Waals surface area contributed by atoms with Gasteiger partial charge in [-0.3, -0.25) is 9.59 Å². The van der Waals surface area contributed by atoms with Crippen molar-refractivity contribution in [3.8, 4) is 11.1 Å². The van der Waals surface area contributed by atoms with E-state index in [1.54, 1.807) is 23.1 Å². The fraction of sp³-hybridized carbons (Fsp3) is 0.375. The van der Waals surface area contributed by atoms with E-state index in [2.05, 4.69) is 11.4 Å². The number of nitrogens with zero attached hydrogens (tertiary/aromatic N) is 1. The normalized spacial score (nSPS) is 19.7. The molecule has 3 aromatic carbocycles. The van der Waals surface area contributed by atoms with E-state index in [0.717, 1.165) is 22.3 Å².